The Morgan fingerprint density at radius 1 is 0.955 bits per heavy atom. The van der Waals surface area contributed by atoms with Crippen LogP contribution >= 0.6 is 0 Å². The summed E-state index contributed by atoms with van der Waals surface area (Å²) in [5, 5.41) is 13.7. The Labute approximate surface area is 130 Å². The van der Waals surface area contributed by atoms with E-state index in [-0.39, 0.29) is 12.3 Å². The smallest absolute Gasteiger partial charge is 0.303 e. The first-order valence-electron chi connectivity index (χ1n) is 7.61. The van der Waals surface area contributed by atoms with Crippen LogP contribution in [0.15, 0.2) is 42.5 Å². The molecule has 0 aliphatic rings. The number of rotatable bonds is 8. The molecule has 22 heavy (non-hydrogen) atoms. The summed E-state index contributed by atoms with van der Waals surface area (Å²) in [5.41, 5.74) is 1.00. The van der Waals surface area contributed by atoms with Gasteiger partial charge >= 0.3 is 5.97 Å². The Hall–Kier alpha value is -2.36. The number of unbranched alkanes of at least 4 members (excludes halogenated alkanes) is 2. The summed E-state index contributed by atoms with van der Waals surface area (Å²) in [5.74, 6) is -0.756. The van der Waals surface area contributed by atoms with Gasteiger partial charge in [-0.25, -0.2) is 0 Å². The van der Waals surface area contributed by atoms with Crippen LogP contribution in [0.1, 0.15) is 31.2 Å². The van der Waals surface area contributed by atoms with E-state index in [0.29, 0.717) is 19.4 Å². The zero-order valence-corrected chi connectivity index (χ0v) is 12.5. The van der Waals surface area contributed by atoms with Crippen LogP contribution in [0, 0.1) is 0 Å². The maximum Gasteiger partial charge on any atom is 0.303 e. The first kappa shape index (κ1) is 16.0. The lowest BCUT2D eigenvalue weighted by atomic mass is 10.0. The Balaban J connectivity index is 1.73. The highest BCUT2D eigenvalue weighted by Gasteiger charge is 2.04. The number of fused-ring (bicyclic) bond motifs is 1. The summed E-state index contributed by atoms with van der Waals surface area (Å²) in [4.78, 5) is 22.3. The molecule has 116 valence electrons. The number of amides is 1. The quantitative estimate of drug-likeness (QED) is 0.736. The summed E-state index contributed by atoms with van der Waals surface area (Å²) in [6.45, 7) is 0.603. The van der Waals surface area contributed by atoms with Gasteiger partial charge in [0.05, 0.1) is 6.42 Å². The summed E-state index contributed by atoms with van der Waals surface area (Å²) in [6, 6.07) is 14.1. The van der Waals surface area contributed by atoms with E-state index < -0.39 is 5.97 Å². The fourth-order valence-corrected chi connectivity index (χ4v) is 2.40. The number of benzene rings is 2. The molecule has 0 fully saturated rings. The molecule has 0 aromatic heterocycles. The summed E-state index contributed by atoms with van der Waals surface area (Å²) in [7, 11) is 0. The highest BCUT2D eigenvalue weighted by Crippen LogP contribution is 2.15. The van der Waals surface area contributed by atoms with Gasteiger partial charge in [-0.05, 0) is 29.2 Å². The SMILES string of the molecule is O=C(O)CCCCCNC(=O)Cc1ccc2ccccc2c1. The Kier molecular flexibility index (Phi) is 5.95. The van der Waals surface area contributed by atoms with Gasteiger partial charge in [-0.2, -0.15) is 0 Å². The molecule has 0 heterocycles. The van der Waals surface area contributed by atoms with Gasteiger partial charge in [-0.15, -0.1) is 0 Å². The minimum atomic E-state index is -0.764. The summed E-state index contributed by atoms with van der Waals surface area (Å²) < 4.78 is 0. The highest BCUT2D eigenvalue weighted by molar-refractivity contribution is 5.85. The number of hydrogen-bond acceptors (Lipinski definition) is 2. The molecule has 0 radical (unpaired) electrons. The number of aliphatic carboxylic acids is 1. The third-order valence-electron chi connectivity index (χ3n) is 3.57. The highest BCUT2D eigenvalue weighted by atomic mass is 16.4. The lowest BCUT2D eigenvalue weighted by molar-refractivity contribution is -0.137. The topological polar surface area (TPSA) is 66.4 Å². The van der Waals surface area contributed by atoms with Crippen molar-refractivity contribution in [1.82, 2.24) is 5.32 Å². The molecule has 2 rings (SSSR count). The van der Waals surface area contributed by atoms with Crippen molar-refractivity contribution >= 4 is 22.6 Å². The number of hydrogen-bond donors (Lipinski definition) is 2. The second-order valence-electron chi connectivity index (χ2n) is 5.41. The number of carboxylic acid groups (broad SMARTS) is 1. The van der Waals surface area contributed by atoms with Crippen LogP contribution in [0.3, 0.4) is 0 Å². The van der Waals surface area contributed by atoms with Crippen LogP contribution in [0.5, 0.6) is 0 Å². The standard InChI is InChI=1S/C18H21NO3/c20-17(19-11-5-1-2-8-18(21)22)13-14-9-10-15-6-3-4-7-16(15)12-14/h3-4,6-7,9-10,12H,1-2,5,8,11,13H2,(H,19,20)(H,21,22). The van der Waals surface area contributed by atoms with Gasteiger partial charge in [0.1, 0.15) is 0 Å². The Morgan fingerprint density at radius 2 is 1.73 bits per heavy atom. The molecule has 0 spiro atoms. The van der Waals surface area contributed by atoms with Crippen molar-refractivity contribution in [1.29, 1.82) is 0 Å². The first-order valence-corrected chi connectivity index (χ1v) is 7.61. The number of nitrogens with one attached hydrogen (secondary N) is 1. The van der Waals surface area contributed by atoms with Crippen LogP contribution in [0.2, 0.25) is 0 Å². The number of carbonyl (C=O) groups is 2. The van der Waals surface area contributed by atoms with Crippen LogP contribution in [-0.2, 0) is 16.0 Å². The molecule has 4 nitrogen and oxygen atoms in total. The van der Waals surface area contributed by atoms with E-state index in [4.69, 9.17) is 5.11 Å². The largest absolute Gasteiger partial charge is 0.481 e. The molecular weight excluding hydrogens is 278 g/mol. The number of carboxylic acids is 1. The van der Waals surface area contributed by atoms with Gasteiger partial charge in [0.15, 0.2) is 0 Å². The van der Waals surface area contributed by atoms with E-state index in [0.717, 1.165) is 23.8 Å². The molecule has 2 aromatic carbocycles. The molecule has 0 saturated heterocycles. The molecule has 2 aromatic rings. The first-order chi connectivity index (χ1) is 10.6. The van der Waals surface area contributed by atoms with Gasteiger partial charge in [0.25, 0.3) is 0 Å². The van der Waals surface area contributed by atoms with Crippen molar-refractivity contribution in [3.8, 4) is 0 Å². The van der Waals surface area contributed by atoms with Gasteiger partial charge in [-0.3, -0.25) is 9.59 Å². The fraction of sp³-hybridized carbons (Fsp3) is 0.333. The molecule has 0 unspecified atom stereocenters. The van der Waals surface area contributed by atoms with Crippen LogP contribution in [0.4, 0.5) is 0 Å². The molecule has 1 amide bonds. The third-order valence-corrected chi connectivity index (χ3v) is 3.57. The molecule has 0 aliphatic heterocycles. The second-order valence-corrected chi connectivity index (χ2v) is 5.41. The molecular formula is C18H21NO3. The maximum atomic E-state index is 11.9. The summed E-state index contributed by atoms with van der Waals surface area (Å²) >= 11 is 0. The maximum absolute atomic E-state index is 11.9. The van der Waals surface area contributed by atoms with Crippen LogP contribution < -0.4 is 5.32 Å². The minimum absolute atomic E-state index is 0.00788. The van der Waals surface area contributed by atoms with E-state index >= 15 is 0 Å². The normalized spacial score (nSPS) is 10.5. The molecule has 0 aliphatic carbocycles. The van der Waals surface area contributed by atoms with Gasteiger partial charge in [-0.1, -0.05) is 48.9 Å². The molecule has 2 N–H and O–H groups in total. The molecule has 0 saturated carbocycles. The van der Waals surface area contributed by atoms with Crippen LogP contribution in [0.25, 0.3) is 10.8 Å². The Morgan fingerprint density at radius 3 is 2.50 bits per heavy atom. The van der Waals surface area contributed by atoms with Crippen molar-refractivity contribution in [2.45, 2.75) is 32.1 Å². The van der Waals surface area contributed by atoms with E-state index in [1.165, 1.54) is 5.39 Å². The lowest BCUT2D eigenvalue weighted by Gasteiger charge is -2.06. The number of carbonyl (C=O) groups excluding carboxylic acids is 1. The van der Waals surface area contributed by atoms with Crippen molar-refractivity contribution in [2.75, 3.05) is 6.54 Å². The average molecular weight is 299 g/mol. The van der Waals surface area contributed by atoms with E-state index in [9.17, 15) is 9.59 Å². The van der Waals surface area contributed by atoms with Crippen molar-refractivity contribution in [3.63, 3.8) is 0 Å². The predicted molar refractivity (Wildman–Crippen MR) is 86.8 cm³/mol. The van der Waals surface area contributed by atoms with Crippen LogP contribution in [-0.4, -0.2) is 23.5 Å². The summed E-state index contributed by atoms with van der Waals surface area (Å²) in [6.07, 6.45) is 2.88. The average Bonchev–Trinajstić information content (AvgIpc) is 2.50. The molecule has 0 bridgehead atoms. The molecule has 4 heteroatoms. The van der Waals surface area contributed by atoms with Crippen molar-refractivity contribution in [2.24, 2.45) is 0 Å². The predicted octanol–water partition coefficient (Wildman–Crippen LogP) is 3.14. The minimum Gasteiger partial charge on any atom is -0.481 e. The van der Waals surface area contributed by atoms with Gasteiger partial charge in [0, 0.05) is 13.0 Å². The zero-order valence-electron chi connectivity index (χ0n) is 12.5. The van der Waals surface area contributed by atoms with Gasteiger partial charge < -0.3 is 10.4 Å². The van der Waals surface area contributed by atoms with Crippen molar-refractivity contribution < 1.29 is 14.7 Å². The van der Waals surface area contributed by atoms with E-state index in [1.807, 2.05) is 36.4 Å². The van der Waals surface area contributed by atoms with Gasteiger partial charge in [0.2, 0.25) is 5.91 Å². The zero-order chi connectivity index (χ0) is 15.8. The lowest BCUT2D eigenvalue weighted by Crippen LogP contribution is -2.26. The third kappa shape index (κ3) is 5.20. The fourth-order valence-electron chi connectivity index (χ4n) is 2.40. The molecule has 0 atom stereocenters. The van der Waals surface area contributed by atoms with E-state index in [1.54, 1.807) is 0 Å². The second kappa shape index (κ2) is 8.17. The Bertz CT molecular complexity index is 652. The monoisotopic (exact) mass is 299 g/mol. The van der Waals surface area contributed by atoms with E-state index in [2.05, 4.69) is 11.4 Å². The van der Waals surface area contributed by atoms with Crippen molar-refractivity contribution in [3.05, 3.63) is 48.0 Å².